The lowest BCUT2D eigenvalue weighted by molar-refractivity contribution is -0.116. The summed E-state index contributed by atoms with van der Waals surface area (Å²) in [6.45, 7) is 7.56. The standard InChI is InChI=1S/C21H28N2O3S/c1-6-17-11-9-12-18(7-2)20(17)22-21(24)16(4)23(27(5,25)26)19-13-8-10-15(3)14-19/h8-14,16H,6-7H2,1-5H3,(H,22,24). The van der Waals surface area contributed by atoms with Crippen molar-refractivity contribution in [1.82, 2.24) is 0 Å². The second kappa shape index (κ2) is 8.57. The van der Waals surface area contributed by atoms with Gasteiger partial charge in [0.05, 0.1) is 11.9 Å². The summed E-state index contributed by atoms with van der Waals surface area (Å²) in [5.41, 5.74) is 4.28. The number of nitrogens with zero attached hydrogens (tertiary/aromatic N) is 1. The number of nitrogens with one attached hydrogen (secondary N) is 1. The van der Waals surface area contributed by atoms with Gasteiger partial charge in [-0.1, -0.05) is 44.2 Å². The molecule has 0 heterocycles. The Morgan fingerprint density at radius 3 is 2.11 bits per heavy atom. The molecule has 1 amide bonds. The van der Waals surface area contributed by atoms with Crippen LogP contribution < -0.4 is 9.62 Å². The van der Waals surface area contributed by atoms with Gasteiger partial charge in [-0.2, -0.15) is 0 Å². The molecule has 0 fully saturated rings. The fourth-order valence-corrected chi connectivity index (χ4v) is 4.37. The quantitative estimate of drug-likeness (QED) is 0.782. The van der Waals surface area contributed by atoms with E-state index in [2.05, 4.69) is 5.32 Å². The van der Waals surface area contributed by atoms with Crippen LogP contribution in [-0.2, 0) is 27.7 Å². The Bertz CT molecular complexity index is 901. The van der Waals surface area contributed by atoms with Gasteiger partial charge in [-0.15, -0.1) is 0 Å². The molecule has 0 radical (unpaired) electrons. The summed E-state index contributed by atoms with van der Waals surface area (Å²) in [7, 11) is -3.63. The number of hydrogen-bond donors (Lipinski definition) is 1. The third-order valence-electron chi connectivity index (χ3n) is 4.59. The molecule has 1 N–H and O–H groups in total. The molecule has 2 aromatic rings. The molecule has 0 aliphatic carbocycles. The molecule has 1 unspecified atom stereocenters. The van der Waals surface area contributed by atoms with Gasteiger partial charge in [0.1, 0.15) is 6.04 Å². The Labute approximate surface area is 162 Å². The van der Waals surface area contributed by atoms with E-state index in [9.17, 15) is 13.2 Å². The topological polar surface area (TPSA) is 66.5 Å². The van der Waals surface area contributed by atoms with Gasteiger partial charge >= 0.3 is 0 Å². The van der Waals surface area contributed by atoms with Crippen LogP contribution in [0.25, 0.3) is 0 Å². The highest BCUT2D eigenvalue weighted by atomic mass is 32.2. The maximum absolute atomic E-state index is 13.0. The van der Waals surface area contributed by atoms with Crippen LogP contribution in [0, 0.1) is 6.92 Å². The zero-order chi connectivity index (χ0) is 20.2. The Kier molecular flexibility index (Phi) is 6.65. The largest absolute Gasteiger partial charge is 0.324 e. The van der Waals surface area contributed by atoms with E-state index in [-0.39, 0.29) is 5.91 Å². The van der Waals surface area contributed by atoms with Crippen molar-refractivity contribution in [3.8, 4) is 0 Å². The fourth-order valence-electron chi connectivity index (χ4n) is 3.20. The van der Waals surface area contributed by atoms with Crippen molar-refractivity contribution in [3.63, 3.8) is 0 Å². The lowest BCUT2D eigenvalue weighted by Crippen LogP contribution is -2.45. The monoisotopic (exact) mass is 388 g/mol. The predicted octanol–water partition coefficient (Wildman–Crippen LogP) is 3.91. The van der Waals surface area contributed by atoms with Crippen LogP contribution >= 0.6 is 0 Å². The Morgan fingerprint density at radius 1 is 1.07 bits per heavy atom. The second-order valence-electron chi connectivity index (χ2n) is 6.72. The van der Waals surface area contributed by atoms with Crippen molar-refractivity contribution in [1.29, 1.82) is 0 Å². The molecule has 5 nitrogen and oxygen atoms in total. The van der Waals surface area contributed by atoms with Crippen molar-refractivity contribution in [2.24, 2.45) is 0 Å². The van der Waals surface area contributed by atoms with Crippen molar-refractivity contribution < 1.29 is 13.2 Å². The van der Waals surface area contributed by atoms with E-state index in [1.165, 1.54) is 4.31 Å². The number of carbonyl (C=O) groups is 1. The van der Waals surface area contributed by atoms with Crippen LogP contribution in [0.15, 0.2) is 42.5 Å². The van der Waals surface area contributed by atoms with Gasteiger partial charge in [-0.25, -0.2) is 8.42 Å². The summed E-state index contributed by atoms with van der Waals surface area (Å²) in [6.07, 6.45) is 2.69. The summed E-state index contributed by atoms with van der Waals surface area (Å²) in [6, 6.07) is 12.2. The first-order valence-corrected chi connectivity index (χ1v) is 11.0. The lowest BCUT2D eigenvalue weighted by atomic mass is 10.0. The predicted molar refractivity (Wildman–Crippen MR) is 112 cm³/mol. The van der Waals surface area contributed by atoms with E-state index in [1.807, 2.05) is 45.0 Å². The molecule has 1 atom stereocenters. The molecule has 0 aliphatic heterocycles. The third kappa shape index (κ3) is 4.89. The van der Waals surface area contributed by atoms with E-state index >= 15 is 0 Å². The normalized spacial score (nSPS) is 12.5. The minimum absolute atomic E-state index is 0.350. The number of para-hydroxylation sites is 1. The van der Waals surface area contributed by atoms with Crippen LogP contribution in [0.4, 0.5) is 11.4 Å². The molecule has 27 heavy (non-hydrogen) atoms. The van der Waals surface area contributed by atoms with Crippen LogP contribution in [0.3, 0.4) is 0 Å². The lowest BCUT2D eigenvalue weighted by Gasteiger charge is -2.29. The van der Waals surface area contributed by atoms with E-state index < -0.39 is 16.1 Å². The van der Waals surface area contributed by atoms with Crippen LogP contribution in [0.5, 0.6) is 0 Å². The molecule has 6 heteroatoms. The number of anilines is 2. The maximum Gasteiger partial charge on any atom is 0.248 e. The van der Waals surface area contributed by atoms with E-state index in [0.717, 1.165) is 41.5 Å². The van der Waals surface area contributed by atoms with Gasteiger partial charge in [-0.05, 0) is 55.5 Å². The molecular formula is C21H28N2O3S. The fraction of sp³-hybridized carbons (Fsp3) is 0.381. The Hall–Kier alpha value is -2.34. The smallest absolute Gasteiger partial charge is 0.248 e. The first-order valence-electron chi connectivity index (χ1n) is 9.16. The molecule has 2 rings (SSSR count). The highest BCUT2D eigenvalue weighted by Crippen LogP contribution is 2.25. The van der Waals surface area contributed by atoms with Gasteiger partial charge in [0.2, 0.25) is 15.9 Å². The summed E-state index contributed by atoms with van der Waals surface area (Å²) in [5, 5.41) is 2.97. The highest BCUT2D eigenvalue weighted by Gasteiger charge is 2.29. The summed E-state index contributed by atoms with van der Waals surface area (Å²) in [5.74, 6) is -0.350. The molecule has 0 bridgehead atoms. The minimum Gasteiger partial charge on any atom is -0.324 e. The Morgan fingerprint density at radius 2 is 1.63 bits per heavy atom. The summed E-state index contributed by atoms with van der Waals surface area (Å²) >= 11 is 0. The number of amides is 1. The van der Waals surface area contributed by atoms with E-state index in [1.54, 1.807) is 25.1 Å². The molecule has 0 aromatic heterocycles. The molecule has 0 saturated heterocycles. The van der Waals surface area contributed by atoms with Gasteiger partial charge in [0, 0.05) is 5.69 Å². The zero-order valence-electron chi connectivity index (χ0n) is 16.6. The van der Waals surface area contributed by atoms with Crippen molar-refractivity contribution in [3.05, 3.63) is 59.2 Å². The number of carbonyl (C=O) groups excluding carboxylic acids is 1. The SMILES string of the molecule is CCc1cccc(CC)c1NC(=O)C(C)N(c1cccc(C)c1)S(C)(=O)=O. The molecule has 0 aliphatic rings. The average Bonchev–Trinajstić information content (AvgIpc) is 2.60. The highest BCUT2D eigenvalue weighted by molar-refractivity contribution is 7.92. The summed E-state index contributed by atoms with van der Waals surface area (Å²) < 4.78 is 26.0. The van der Waals surface area contributed by atoms with E-state index in [0.29, 0.717) is 5.69 Å². The first-order chi connectivity index (χ1) is 12.7. The van der Waals surface area contributed by atoms with Crippen molar-refractivity contribution in [2.45, 2.75) is 46.6 Å². The summed E-state index contributed by atoms with van der Waals surface area (Å²) in [4.78, 5) is 13.0. The molecule has 0 saturated carbocycles. The second-order valence-corrected chi connectivity index (χ2v) is 8.58. The number of aryl methyl sites for hydroxylation is 3. The van der Waals surface area contributed by atoms with Crippen molar-refractivity contribution >= 4 is 27.3 Å². The van der Waals surface area contributed by atoms with Crippen LogP contribution in [0.1, 0.15) is 37.5 Å². The van der Waals surface area contributed by atoms with Gasteiger partial charge in [0.25, 0.3) is 0 Å². The third-order valence-corrected chi connectivity index (χ3v) is 5.83. The molecular weight excluding hydrogens is 360 g/mol. The number of sulfonamides is 1. The van der Waals surface area contributed by atoms with E-state index in [4.69, 9.17) is 0 Å². The Balaban J connectivity index is 2.40. The van der Waals surface area contributed by atoms with Crippen molar-refractivity contribution in [2.75, 3.05) is 15.9 Å². The minimum atomic E-state index is -3.63. The average molecular weight is 389 g/mol. The van der Waals surface area contributed by atoms with Crippen LogP contribution in [-0.4, -0.2) is 26.6 Å². The van der Waals surface area contributed by atoms with Gasteiger partial charge < -0.3 is 5.32 Å². The number of rotatable bonds is 7. The maximum atomic E-state index is 13.0. The molecule has 0 spiro atoms. The van der Waals surface area contributed by atoms with Crippen LogP contribution in [0.2, 0.25) is 0 Å². The van der Waals surface area contributed by atoms with Gasteiger partial charge in [-0.3, -0.25) is 9.10 Å². The number of hydrogen-bond acceptors (Lipinski definition) is 3. The zero-order valence-corrected chi connectivity index (χ0v) is 17.4. The van der Waals surface area contributed by atoms with Gasteiger partial charge in [0.15, 0.2) is 0 Å². The first kappa shape index (κ1) is 21.0. The molecule has 2 aromatic carbocycles. The molecule has 146 valence electrons. The number of benzene rings is 2.